The molecule has 0 saturated carbocycles. The van der Waals surface area contributed by atoms with E-state index >= 15 is 0 Å². The van der Waals surface area contributed by atoms with E-state index in [0.717, 1.165) is 6.07 Å². The Hall–Kier alpha value is -2.72. The van der Waals surface area contributed by atoms with Crippen molar-refractivity contribution >= 4 is 5.91 Å². The highest BCUT2D eigenvalue weighted by atomic mass is 19.1. The van der Waals surface area contributed by atoms with Crippen LogP contribution in [0.4, 0.5) is 4.39 Å². The largest absolute Gasteiger partial charge is 0.384 e. The number of aromatic nitrogens is 3. The number of rotatable bonds is 3. The normalized spacial score (nSPS) is 9.86. The van der Waals surface area contributed by atoms with E-state index < -0.39 is 11.7 Å². The maximum absolute atomic E-state index is 13.4. The molecule has 1 heterocycles. The number of aromatic amines is 1. The van der Waals surface area contributed by atoms with Crippen LogP contribution in [0.15, 0.2) is 24.5 Å². The summed E-state index contributed by atoms with van der Waals surface area (Å²) in [7, 11) is 1.57. The quantitative estimate of drug-likeness (QED) is 0.809. The number of halogens is 1. The number of carbonyl (C=O) groups is 1. The molecule has 0 fully saturated rings. The van der Waals surface area contributed by atoms with Crippen molar-refractivity contribution in [1.29, 1.82) is 0 Å². The van der Waals surface area contributed by atoms with Crippen molar-refractivity contribution < 1.29 is 14.3 Å². The van der Waals surface area contributed by atoms with Crippen molar-refractivity contribution in [3.05, 3.63) is 47.3 Å². The third-order valence-electron chi connectivity index (χ3n) is 2.71. The average molecular weight is 288 g/mol. The second kappa shape index (κ2) is 6.63. The van der Waals surface area contributed by atoms with Crippen LogP contribution in [0.5, 0.6) is 0 Å². The molecule has 2 N–H and O–H groups in total. The van der Waals surface area contributed by atoms with E-state index in [2.05, 4.69) is 27.0 Å². The van der Waals surface area contributed by atoms with Gasteiger partial charge in [0.25, 0.3) is 5.91 Å². The highest BCUT2D eigenvalue weighted by molar-refractivity contribution is 5.96. The molecular weight excluding hydrogens is 275 g/mol. The summed E-state index contributed by atoms with van der Waals surface area (Å²) in [5.74, 6) is 4.68. The van der Waals surface area contributed by atoms with Gasteiger partial charge in [0.15, 0.2) is 0 Å². The minimum Gasteiger partial charge on any atom is -0.384 e. The van der Waals surface area contributed by atoms with E-state index in [1.807, 2.05) is 0 Å². The third-order valence-corrected chi connectivity index (χ3v) is 2.71. The van der Waals surface area contributed by atoms with Crippen LogP contribution in [0.25, 0.3) is 0 Å². The maximum atomic E-state index is 13.4. The lowest BCUT2D eigenvalue weighted by Crippen LogP contribution is -2.27. The number of carbonyl (C=O) groups excluding carboxylic acids is 1. The molecule has 0 radical (unpaired) electrons. The average Bonchev–Trinajstić information content (AvgIpc) is 2.98. The van der Waals surface area contributed by atoms with E-state index in [0.29, 0.717) is 11.4 Å². The van der Waals surface area contributed by atoms with Crippen LogP contribution < -0.4 is 0 Å². The van der Waals surface area contributed by atoms with Gasteiger partial charge in [-0.2, -0.15) is 5.10 Å². The van der Waals surface area contributed by atoms with Gasteiger partial charge in [-0.25, -0.2) is 9.37 Å². The van der Waals surface area contributed by atoms with E-state index in [1.165, 1.54) is 23.4 Å². The summed E-state index contributed by atoms with van der Waals surface area (Å²) < 4.78 is 13.4. The van der Waals surface area contributed by atoms with Crippen molar-refractivity contribution in [2.24, 2.45) is 0 Å². The molecule has 0 aliphatic heterocycles. The molecule has 0 aliphatic rings. The summed E-state index contributed by atoms with van der Waals surface area (Å²) in [6.45, 7) is -0.124. The van der Waals surface area contributed by atoms with E-state index in [-0.39, 0.29) is 18.7 Å². The fourth-order valence-electron chi connectivity index (χ4n) is 1.75. The SMILES string of the molecule is CN(Cc1ncn[nH]1)C(=O)c1cc(F)ccc1C#CCO. The van der Waals surface area contributed by atoms with Crippen LogP contribution in [0.2, 0.25) is 0 Å². The number of nitrogens with one attached hydrogen (secondary N) is 1. The van der Waals surface area contributed by atoms with Gasteiger partial charge >= 0.3 is 0 Å². The predicted molar refractivity (Wildman–Crippen MR) is 72.5 cm³/mol. The number of amides is 1. The Morgan fingerprint density at radius 1 is 1.52 bits per heavy atom. The minimum atomic E-state index is -0.527. The summed E-state index contributed by atoms with van der Waals surface area (Å²) in [6.07, 6.45) is 1.34. The Balaban J connectivity index is 2.26. The van der Waals surface area contributed by atoms with Crippen LogP contribution in [0.3, 0.4) is 0 Å². The number of hydrogen-bond donors (Lipinski definition) is 2. The van der Waals surface area contributed by atoms with Crippen molar-refractivity contribution in [3.8, 4) is 11.8 Å². The van der Waals surface area contributed by atoms with E-state index in [1.54, 1.807) is 7.05 Å². The lowest BCUT2D eigenvalue weighted by atomic mass is 10.1. The summed E-state index contributed by atoms with van der Waals surface area (Å²) >= 11 is 0. The van der Waals surface area contributed by atoms with Crippen molar-refractivity contribution in [1.82, 2.24) is 20.1 Å². The van der Waals surface area contributed by atoms with Crippen molar-refractivity contribution in [2.45, 2.75) is 6.54 Å². The number of hydrogen-bond acceptors (Lipinski definition) is 4. The molecule has 6 nitrogen and oxygen atoms in total. The first kappa shape index (κ1) is 14.7. The number of H-pyrrole nitrogens is 1. The summed E-state index contributed by atoms with van der Waals surface area (Å²) in [5.41, 5.74) is 0.498. The lowest BCUT2D eigenvalue weighted by molar-refractivity contribution is 0.0781. The van der Waals surface area contributed by atoms with Crippen LogP contribution in [-0.4, -0.2) is 44.7 Å². The lowest BCUT2D eigenvalue weighted by Gasteiger charge is -2.16. The number of aliphatic hydroxyl groups excluding tert-OH is 1. The molecule has 2 aromatic rings. The zero-order chi connectivity index (χ0) is 15.2. The fraction of sp³-hybridized carbons (Fsp3) is 0.214. The topological polar surface area (TPSA) is 82.1 Å². The standard InChI is InChI=1S/C14H13FN4O2/c1-19(8-13-16-9-17-18-13)14(21)12-7-11(15)5-4-10(12)3-2-6-20/h4-5,7,9,20H,6,8H2,1H3,(H,16,17,18). The molecule has 0 bridgehead atoms. The Bertz CT molecular complexity index is 689. The fourth-order valence-corrected chi connectivity index (χ4v) is 1.75. The molecule has 21 heavy (non-hydrogen) atoms. The van der Waals surface area contributed by atoms with Gasteiger partial charge in [-0.3, -0.25) is 9.89 Å². The van der Waals surface area contributed by atoms with E-state index in [4.69, 9.17) is 5.11 Å². The Morgan fingerprint density at radius 3 is 3.00 bits per heavy atom. The molecule has 1 aromatic carbocycles. The molecule has 1 amide bonds. The smallest absolute Gasteiger partial charge is 0.255 e. The van der Waals surface area contributed by atoms with Crippen LogP contribution in [0.1, 0.15) is 21.7 Å². The number of aliphatic hydroxyl groups is 1. The second-order valence-electron chi connectivity index (χ2n) is 4.24. The molecule has 0 atom stereocenters. The third kappa shape index (κ3) is 3.64. The summed E-state index contributed by atoms with van der Waals surface area (Å²) in [4.78, 5) is 17.7. The highest BCUT2D eigenvalue weighted by Crippen LogP contribution is 2.13. The van der Waals surface area contributed by atoms with Gasteiger partial charge in [-0.1, -0.05) is 11.8 Å². The number of nitrogens with zero attached hydrogens (tertiary/aromatic N) is 3. The van der Waals surface area contributed by atoms with Gasteiger partial charge in [0.05, 0.1) is 12.1 Å². The Labute approximate surface area is 120 Å². The monoisotopic (exact) mass is 288 g/mol. The predicted octanol–water partition coefficient (Wildman–Crippen LogP) is 0.560. The number of benzene rings is 1. The van der Waals surface area contributed by atoms with Gasteiger partial charge in [0.1, 0.15) is 24.6 Å². The molecular formula is C14H13FN4O2. The Morgan fingerprint density at radius 2 is 2.33 bits per heavy atom. The molecule has 2 rings (SSSR count). The summed E-state index contributed by atoms with van der Waals surface area (Å²) in [6, 6.07) is 3.75. The van der Waals surface area contributed by atoms with Gasteiger partial charge in [-0.15, -0.1) is 0 Å². The van der Waals surface area contributed by atoms with Gasteiger partial charge in [0.2, 0.25) is 0 Å². The van der Waals surface area contributed by atoms with Crippen molar-refractivity contribution in [2.75, 3.05) is 13.7 Å². The zero-order valence-corrected chi connectivity index (χ0v) is 11.3. The maximum Gasteiger partial charge on any atom is 0.255 e. The molecule has 7 heteroatoms. The minimum absolute atomic E-state index is 0.137. The molecule has 0 unspecified atom stereocenters. The molecule has 0 aliphatic carbocycles. The van der Waals surface area contributed by atoms with Crippen LogP contribution >= 0.6 is 0 Å². The van der Waals surface area contributed by atoms with Crippen molar-refractivity contribution in [3.63, 3.8) is 0 Å². The molecule has 0 spiro atoms. The zero-order valence-electron chi connectivity index (χ0n) is 11.3. The van der Waals surface area contributed by atoms with Crippen LogP contribution in [0, 0.1) is 17.7 Å². The first-order valence-electron chi connectivity index (χ1n) is 6.11. The Kier molecular flexibility index (Phi) is 4.64. The van der Waals surface area contributed by atoms with Gasteiger partial charge in [-0.05, 0) is 18.2 Å². The highest BCUT2D eigenvalue weighted by Gasteiger charge is 2.17. The van der Waals surface area contributed by atoms with Gasteiger partial charge in [0, 0.05) is 12.6 Å². The summed E-state index contributed by atoms with van der Waals surface area (Å²) in [5, 5.41) is 15.1. The molecule has 1 aromatic heterocycles. The van der Waals surface area contributed by atoms with Gasteiger partial charge < -0.3 is 10.0 Å². The first-order chi connectivity index (χ1) is 10.1. The molecule has 0 saturated heterocycles. The molecule has 108 valence electrons. The van der Waals surface area contributed by atoms with E-state index in [9.17, 15) is 9.18 Å². The first-order valence-corrected chi connectivity index (χ1v) is 6.11. The van der Waals surface area contributed by atoms with Crippen LogP contribution in [-0.2, 0) is 6.54 Å². The second-order valence-corrected chi connectivity index (χ2v) is 4.24.